The van der Waals surface area contributed by atoms with Crippen LogP contribution in [0.25, 0.3) is 0 Å². The number of nitrogens with one attached hydrogen (secondary N) is 1. The van der Waals surface area contributed by atoms with Crippen molar-refractivity contribution in [1.29, 1.82) is 0 Å². The number of likely N-dealkylation sites (N-methyl/N-ethyl adjacent to an activating group) is 1. The van der Waals surface area contributed by atoms with Crippen molar-refractivity contribution in [2.45, 2.75) is 45.4 Å². The van der Waals surface area contributed by atoms with Gasteiger partial charge in [0.1, 0.15) is 6.10 Å². The van der Waals surface area contributed by atoms with Crippen LogP contribution in [0.1, 0.15) is 42.6 Å². The number of anilines is 1. The Morgan fingerprint density at radius 3 is 2.76 bits per heavy atom. The molecule has 37 heavy (non-hydrogen) atoms. The van der Waals surface area contributed by atoms with E-state index in [9.17, 15) is 14.7 Å². The maximum absolute atomic E-state index is 13.6. The second-order valence-corrected chi connectivity index (χ2v) is 10.5. The van der Waals surface area contributed by atoms with Crippen LogP contribution in [0.3, 0.4) is 0 Å². The van der Waals surface area contributed by atoms with Gasteiger partial charge >= 0.3 is 0 Å². The normalized spacial score (nSPS) is 21.6. The fraction of sp³-hybridized carbons (Fsp3) is 0.500. The quantitative estimate of drug-likeness (QED) is 0.564. The molecule has 2 N–H and O–H groups in total. The zero-order chi connectivity index (χ0) is 26.1. The minimum absolute atomic E-state index is 0.0218. The third-order valence-electron chi connectivity index (χ3n) is 7.28. The van der Waals surface area contributed by atoms with Gasteiger partial charge in [0.25, 0.3) is 5.91 Å². The van der Waals surface area contributed by atoms with Crippen LogP contribution in [0.4, 0.5) is 5.69 Å². The first-order valence-electron chi connectivity index (χ1n) is 12.9. The lowest BCUT2D eigenvalue weighted by molar-refractivity contribution is -0.117. The van der Waals surface area contributed by atoms with E-state index in [0.29, 0.717) is 36.6 Å². The van der Waals surface area contributed by atoms with E-state index >= 15 is 0 Å². The fourth-order valence-electron chi connectivity index (χ4n) is 4.86. The van der Waals surface area contributed by atoms with Gasteiger partial charge in [-0.05, 0) is 56.6 Å². The summed E-state index contributed by atoms with van der Waals surface area (Å²) in [5, 5.41) is 12.9. The first-order valence-corrected chi connectivity index (χ1v) is 12.9. The van der Waals surface area contributed by atoms with Gasteiger partial charge in [-0.2, -0.15) is 0 Å². The Bertz CT molecular complexity index is 1170. The number of amides is 2. The Balaban J connectivity index is 1.41. The Hall–Kier alpha value is -3.30. The molecule has 1 fully saturated rings. The number of para-hydroxylation sites is 1. The van der Waals surface area contributed by atoms with Crippen molar-refractivity contribution in [3.05, 3.63) is 47.5 Å². The molecule has 2 aromatic rings. The Morgan fingerprint density at radius 1 is 1.22 bits per heavy atom. The highest BCUT2D eigenvalue weighted by molar-refractivity contribution is 6.02. The molecule has 1 saturated carbocycles. The number of aliphatic hydroxyl groups is 1. The van der Waals surface area contributed by atoms with Crippen LogP contribution >= 0.6 is 0 Å². The average Bonchev–Trinajstić information content (AvgIpc) is 3.64. The summed E-state index contributed by atoms with van der Waals surface area (Å²) in [5.41, 5.74) is 2.00. The summed E-state index contributed by atoms with van der Waals surface area (Å²) < 4.78 is 17.5. The maximum atomic E-state index is 13.6. The summed E-state index contributed by atoms with van der Waals surface area (Å²) in [6.07, 6.45) is 1.50. The lowest BCUT2D eigenvalue weighted by Crippen LogP contribution is -2.49. The molecule has 9 heteroatoms. The van der Waals surface area contributed by atoms with Gasteiger partial charge < -0.3 is 29.5 Å². The second-order valence-electron chi connectivity index (χ2n) is 10.5. The van der Waals surface area contributed by atoms with E-state index in [0.717, 1.165) is 29.9 Å². The summed E-state index contributed by atoms with van der Waals surface area (Å²) in [7, 11) is 2.03. The largest absolute Gasteiger partial charge is 0.486 e. The monoisotopic (exact) mass is 509 g/mol. The number of nitrogens with zero attached hydrogens (tertiary/aromatic N) is 2. The van der Waals surface area contributed by atoms with Gasteiger partial charge in [-0.1, -0.05) is 19.1 Å². The molecule has 2 aliphatic heterocycles. The third kappa shape index (κ3) is 5.52. The zero-order valence-electron chi connectivity index (χ0n) is 21.6. The van der Waals surface area contributed by atoms with Crippen LogP contribution in [0, 0.1) is 11.8 Å². The smallest absolute Gasteiger partial charge is 0.258 e. The molecular weight excluding hydrogens is 474 g/mol. The highest BCUT2D eigenvalue weighted by Crippen LogP contribution is 2.37. The van der Waals surface area contributed by atoms with Crippen LogP contribution in [0.15, 0.2) is 36.4 Å². The summed E-state index contributed by atoms with van der Waals surface area (Å²) in [4.78, 5) is 30.1. The summed E-state index contributed by atoms with van der Waals surface area (Å²) in [6, 6.07) is 10.9. The number of rotatable bonds is 8. The van der Waals surface area contributed by atoms with Crippen molar-refractivity contribution in [3.8, 4) is 17.2 Å². The number of hydrogen-bond acceptors (Lipinski definition) is 7. The minimum Gasteiger partial charge on any atom is -0.486 e. The van der Waals surface area contributed by atoms with E-state index in [1.54, 1.807) is 23.1 Å². The van der Waals surface area contributed by atoms with Crippen LogP contribution < -0.4 is 19.5 Å². The van der Waals surface area contributed by atoms with Crippen molar-refractivity contribution < 1.29 is 28.9 Å². The number of carbonyl (C=O) groups is 2. The molecule has 3 aliphatic rings. The number of fused-ring (bicyclic) bond motifs is 2. The summed E-state index contributed by atoms with van der Waals surface area (Å²) in [5.74, 6) is 1.63. The number of benzene rings is 2. The predicted molar refractivity (Wildman–Crippen MR) is 138 cm³/mol. The molecular formula is C28H35N3O6. The Kier molecular flexibility index (Phi) is 7.26. The molecule has 1 aliphatic carbocycles. The van der Waals surface area contributed by atoms with Gasteiger partial charge in [0.05, 0.1) is 23.9 Å². The first-order chi connectivity index (χ1) is 17.8. The van der Waals surface area contributed by atoms with Gasteiger partial charge in [-0.25, -0.2) is 0 Å². The molecule has 9 nitrogen and oxygen atoms in total. The topological polar surface area (TPSA) is 101 Å². The van der Waals surface area contributed by atoms with Crippen molar-refractivity contribution in [2.75, 3.05) is 38.9 Å². The molecule has 0 bridgehead atoms. The molecule has 0 aromatic heterocycles. The standard InChI is InChI=1S/C28H35N3O6/c1-17-12-31(18(2)15-32)28(34)21-5-4-6-22(29-27(33)20-8-9-20)26(21)37-25(17)14-30(3)13-19-7-10-23-24(11-19)36-16-35-23/h4-7,10-11,17-18,20,25,32H,8-9,12-16H2,1-3H3,(H,29,33)/t17-,18+,25-/m0/s1. The molecule has 2 heterocycles. The maximum Gasteiger partial charge on any atom is 0.258 e. The third-order valence-corrected chi connectivity index (χ3v) is 7.28. The highest BCUT2D eigenvalue weighted by atomic mass is 16.7. The molecule has 5 rings (SSSR count). The zero-order valence-corrected chi connectivity index (χ0v) is 21.6. The van der Waals surface area contributed by atoms with E-state index in [4.69, 9.17) is 14.2 Å². The number of carbonyl (C=O) groups excluding carboxylic acids is 2. The van der Waals surface area contributed by atoms with Gasteiger partial charge in [0.2, 0.25) is 12.7 Å². The van der Waals surface area contributed by atoms with Crippen LogP contribution in [-0.4, -0.2) is 72.4 Å². The van der Waals surface area contributed by atoms with Crippen LogP contribution in [-0.2, 0) is 11.3 Å². The van der Waals surface area contributed by atoms with Crippen molar-refractivity contribution >= 4 is 17.5 Å². The molecule has 3 atom stereocenters. The molecule has 0 saturated heterocycles. The number of hydrogen-bond donors (Lipinski definition) is 2. The fourth-order valence-corrected chi connectivity index (χ4v) is 4.86. The predicted octanol–water partition coefficient (Wildman–Crippen LogP) is 3.12. The minimum atomic E-state index is -0.349. The van der Waals surface area contributed by atoms with Gasteiger partial charge in [-0.15, -0.1) is 0 Å². The SMILES string of the molecule is C[C@H](CO)N1C[C@H](C)[C@H](CN(C)Cc2ccc3c(c2)OCO3)Oc2c(NC(=O)C3CC3)cccc2C1=O. The molecule has 198 valence electrons. The van der Waals surface area contributed by atoms with E-state index in [1.807, 2.05) is 32.2 Å². The number of aliphatic hydroxyl groups excluding tert-OH is 1. The van der Waals surface area contributed by atoms with Crippen molar-refractivity contribution in [3.63, 3.8) is 0 Å². The molecule has 0 radical (unpaired) electrons. The van der Waals surface area contributed by atoms with E-state index in [-0.39, 0.29) is 49.2 Å². The Labute approximate surface area is 217 Å². The summed E-state index contributed by atoms with van der Waals surface area (Å²) in [6.45, 7) is 5.71. The van der Waals surface area contributed by atoms with Crippen LogP contribution in [0.2, 0.25) is 0 Å². The Morgan fingerprint density at radius 2 is 2.00 bits per heavy atom. The van der Waals surface area contributed by atoms with E-state index in [2.05, 4.69) is 17.1 Å². The van der Waals surface area contributed by atoms with Gasteiger partial charge in [-0.3, -0.25) is 14.5 Å². The lowest BCUT2D eigenvalue weighted by atomic mass is 9.98. The average molecular weight is 510 g/mol. The van der Waals surface area contributed by atoms with E-state index in [1.165, 1.54) is 0 Å². The molecule has 2 aromatic carbocycles. The van der Waals surface area contributed by atoms with Crippen LogP contribution in [0.5, 0.6) is 17.2 Å². The van der Waals surface area contributed by atoms with Gasteiger partial charge in [0.15, 0.2) is 17.2 Å². The lowest BCUT2D eigenvalue weighted by Gasteiger charge is -2.38. The number of ether oxygens (including phenoxy) is 3. The molecule has 0 spiro atoms. The van der Waals surface area contributed by atoms with E-state index < -0.39 is 0 Å². The highest BCUT2D eigenvalue weighted by Gasteiger charge is 2.36. The summed E-state index contributed by atoms with van der Waals surface area (Å²) >= 11 is 0. The van der Waals surface area contributed by atoms with Gasteiger partial charge in [0, 0.05) is 31.5 Å². The van der Waals surface area contributed by atoms with Crippen molar-refractivity contribution in [1.82, 2.24) is 9.80 Å². The second kappa shape index (κ2) is 10.6. The molecule has 0 unspecified atom stereocenters. The first kappa shape index (κ1) is 25.4. The van der Waals surface area contributed by atoms with Crippen molar-refractivity contribution in [2.24, 2.45) is 11.8 Å². The molecule has 2 amide bonds.